The highest BCUT2D eigenvalue weighted by Gasteiger charge is 2.29. The summed E-state index contributed by atoms with van der Waals surface area (Å²) in [6.07, 6.45) is 2.25. The van der Waals surface area contributed by atoms with Gasteiger partial charge in [0.15, 0.2) is 5.96 Å². The van der Waals surface area contributed by atoms with Gasteiger partial charge in [-0.1, -0.05) is 23.8 Å². The number of halogens is 1. The van der Waals surface area contributed by atoms with Crippen molar-refractivity contribution in [3.63, 3.8) is 0 Å². The van der Waals surface area contributed by atoms with E-state index in [1.165, 1.54) is 16.7 Å². The standard InChI is InChI=1S/C17H27N3O.HI/c1-13-6-7-15(14(2)10-13)11-19-16(18-4)20-12-17(3)8-5-9-21-17;/h6-7,10H,5,8-9,11-12H2,1-4H3,(H2,18,19,20);1H. The van der Waals surface area contributed by atoms with Gasteiger partial charge in [0.1, 0.15) is 0 Å². The van der Waals surface area contributed by atoms with Crippen LogP contribution in [0, 0.1) is 13.8 Å². The molecule has 4 nitrogen and oxygen atoms in total. The molecule has 0 amide bonds. The second-order valence-corrected chi connectivity index (χ2v) is 6.11. The number of aryl methyl sites for hydroxylation is 2. The Kier molecular flexibility index (Phi) is 7.62. The Bertz CT molecular complexity index is 511. The summed E-state index contributed by atoms with van der Waals surface area (Å²) in [5.41, 5.74) is 3.85. The molecule has 1 saturated heterocycles. The van der Waals surface area contributed by atoms with Crippen LogP contribution in [0.4, 0.5) is 0 Å². The number of guanidine groups is 1. The smallest absolute Gasteiger partial charge is 0.191 e. The van der Waals surface area contributed by atoms with E-state index in [2.05, 4.69) is 54.6 Å². The number of hydrogen-bond acceptors (Lipinski definition) is 2. The molecule has 0 aliphatic carbocycles. The van der Waals surface area contributed by atoms with Crippen LogP contribution in [0.1, 0.15) is 36.5 Å². The summed E-state index contributed by atoms with van der Waals surface area (Å²) >= 11 is 0. The molecule has 1 aliphatic rings. The minimum atomic E-state index is -0.0581. The van der Waals surface area contributed by atoms with Gasteiger partial charge in [-0.05, 0) is 44.7 Å². The summed E-state index contributed by atoms with van der Waals surface area (Å²) in [4.78, 5) is 4.28. The molecule has 2 rings (SSSR count). The van der Waals surface area contributed by atoms with Gasteiger partial charge >= 0.3 is 0 Å². The van der Waals surface area contributed by atoms with E-state index in [0.29, 0.717) is 0 Å². The minimum absolute atomic E-state index is 0. The number of nitrogens with one attached hydrogen (secondary N) is 2. The van der Waals surface area contributed by atoms with E-state index in [0.717, 1.165) is 38.5 Å². The average molecular weight is 417 g/mol. The molecule has 2 N–H and O–H groups in total. The first-order valence-electron chi connectivity index (χ1n) is 7.67. The van der Waals surface area contributed by atoms with E-state index < -0.39 is 0 Å². The molecule has 1 heterocycles. The quantitative estimate of drug-likeness (QED) is 0.450. The lowest BCUT2D eigenvalue weighted by Gasteiger charge is -2.24. The number of rotatable bonds is 4. The zero-order chi connectivity index (χ0) is 15.3. The number of aliphatic imine (C=N–C) groups is 1. The molecule has 0 aromatic heterocycles. The first-order chi connectivity index (χ1) is 10.0. The predicted molar refractivity (Wildman–Crippen MR) is 103 cm³/mol. The summed E-state index contributed by atoms with van der Waals surface area (Å²) < 4.78 is 5.79. The van der Waals surface area contributed by atoms with Crippen LogP contribution < -0.4 is 10.6 Å². The molecule has 22 heavy (non-hydrogen) atoms. The number of benzene rings is 1. The van der Waals surface area contributed by atoms with Crippen LogP contribution in [0.5, 0.6) is 0 Å². The summed E-state index contributed by atoms with van der Waals surface area (Å²) in [6.45, 7) is 8.86. The van der Waals surface area contributed by atoms with Crippen LogP contribution in [-0.2, 0) is 11.3 Å². The number of ether oxygens (including phenoxy) is 1. The Hall–Kier alpha value is -0.820. The van der Waals surface area contributed by atoms with Gasteiger partial charge in [-0.2, -0.15) is 0 Å². The molecule has 0 saturated carbocycles. The fourth-order valence-electron chi connectivity index (χ4n) is 2.69. The second kappa shape index (κ2) is 8.72. The van der Waals surface area contributed by atoms with Gasteiger partial charge in [0.2, 0.25) is 0 Å². The molecule has 0 bridgehead atoms. The van der Waals surface area contributed by atoms with Crippen LogP contribution in [0.2, 0.25) is 0 Å². The Morgan fingerprint density at radius 3 is 2.68 bits per heavy atom. The molecule has 5 heteroatoms. The third-order valence-electron chi connectivity index (χ3n) is 4.10. The van der Waals surface area contributed by atoms with Crippen molar-refractivity contribution in [1.82, 2.24) is 10.6 Å². The zero-order valence-corrected chi connectivity index (χ0v) is 16.4. The Morgan fingerprint density at radius 1 is 1.32 bits per heavy atom. The molecule has 0 spiro atoms. The number of nitrogens with zero attached hydrogens (tertiary/aromatic N) is 1. The van der Waals surface area contributed by atoms with E-state index in [9.17, 15) is 0 Å². The molecular formula is C17H28IN3O. The molecular weight excluding hydrogens is 389 g/mol. The SMILES string of the molecule is CN=C(NCc1ccc(C)cc1C)NCC1(C)CCCO1.I. The Morgan fingerprint density at radius 2 is 2.09 bits per heavy atom. The zero-order valence-electron chi connectivity index (χ0n) is 14.0. The van der Waals surface area contributed by atoms with Crippen molar-refractivity contribution in [3.8, 4) is 0 Å². The molecule has 1 aromatic rings. The largest absolute Gasteiger partial charge is 0.373 e. The minimum Gasteiger partial charge on any atom is -0.373 e. The van der Waals surface area contributed by atoms with Gasteiger partial charge in [-0.3, -0.25) is 4.99 Å². The van der Waals surface area contributed by atoms with Crippen LogP contribution in [0.25, 0.3) is 0 Å². The van der Waals surface area contributed by atoms with Crippen molar-refractivity contribution in [2.24, 2.45) is 4.99 Å². The fraction of sp³-hybridized carbons (Fsp3) is 0.588. The molecule has 1 atom stereocenters. The van der Waals surface area contributed by atoms with Crippen LogP contribution in [0.15, 0.2) is 23.2 Å². The van der Waals surface area contributed by atoms with E-state index >= 15 is 0 Å². The average Bonchev–Trinajstić information content (AvgIpc) is 2.88. The molecule has 0 radical (unpaired) electrons. The van der Waals surface area contributed by atoms with Crippen LogP contribution in [-0.4, -0.2) is 31.8 Å². The highest BCUT2D eigenvalue weighted by atomic mass is 127. The van der Waals surface area contributed by atoms with Gasteiger partial charge in [0.25, 0.3) is 0 Å². The monoisotopic (exact) mass is 417 g/mol. The summed E-state index contributed by atoms with van der Waals surface area (Å²) in [5.74, 6) is 0.826. The van der Waals surface area contributed by atoms with E-state index in [1.54, 1.807) is 7.05 Å². The summed E-state index contributed by atoms with van der Waals surface area (Å²) in [7, 11) is 1.80. The van der Waals surface area contributed by atoms with Crippen molar-refractivity contribution < 1.29 is 4.74 Å². The first kappa shape index (κ1) is 19.2. The lowest BCUT2D eigenvalue weighted by atomic mass is 10.0. The van der Waals surface area contributed by atoms with Gasteiger partial charge in [0.05, 0.1) is 5.60 Å². The van der Waals surface area contributed by atoms with Gasteiger partial charge in [-0.15, -0.1) is 24.0 Å². The van der Waals surface area contributed by atoms with Crippen LogP contribution in [0.3, 0.4) is 0 Å². The topological polar surface area (TPSA) is 45.7 Å². The highest BCUT2D eigenvalue weighted by Crippen LogP contribution is 2.23. The number of hydrogen-bond donors (Lipinski definition) is 2. The van der Waals surface area contributed by atoms with Crippen molar-refractivity contribution in [2.45, 2.75) is 45.8 Å². The molecule has 1 aliphatic heterocycles. The molecule has 1 fully saturated rings. The Labute approximate surface area is 151 Å². The van der Waals surface area contributed by atoms with E-state index in [-0.39, 0.29) is 29.6 Å². The normalized spacial score (nSPS) is 21.4. The van der Waals surface area contributed by atoms with Crippen molar-refractivity contribution >= 4 is 29.9 Å². The van der Waals surface area contributed by atoms with Crippen molar-refractivity contribution in [3.05, 3.63) is 34.9 Å². The third kappa shape index (κ3) is 5.43. The maximum Gasteiger partial charge on any atom is 0.191 e. The highest BCUT2D eigenvalue weighted by molar-refractivity contribution is 14.0. The lowest BCUT2D eigenvalue weighted by molar-refractivity contribution is 0.0243. The maximum atomic E-state index is 5.79. The summed E-state index contributed by atoms with van der Waals surface area (Å²) in [6, 6.07) is 6.53. The molecule has 124 valence electrons. The van der Waals surface area contributed by atoms with Crippen molar-refractivity contribution in [1.29, 1.82) is 0 Å². The second-order valence-electron chi connectivity index (χ2n) is 6.11. The first-order valence-corrected chi connectivity index (χ1v) is 7.67. The van der Waals surface area contributed by atoms with Gasteiger partial charge in [0, 0.05) is 26.7 Å². The van der Waals surface area contributed by atoms with Gasteiger partial charge < -0.3 is 15.4 Å². The predicted octanol–water partition coefficient (Wildman–Crippen LogP) is 3.16. The van der Waals surface area contributed by atoms with E-state index in [4.69, 9.17) is 4.74 Å². The van der Waals surface area contributed by atoms with Crippen LogP contribution >= 0.6 is 24.0 Å². The Balaban J connectivity index is 0.00000242. The summed E-state index contributed by atoms with van der Waals surface area (Å²) in [5, 5.41) is 6.74. The molecule has 1 unspecified atom stereocenters. The van der Waals surface area contributed by atoms with Crippen molar-refractivity contribution in [2.75, 3.05) is 20.2 Å². The van der Waals surface area contributed by atoms with Gasteiger partial charge in [-0.25, -0.2) is 0 Å². The molecule has 1 aromatic carbocycles. The maximum absolute atomic E-state index is 5.79. The lowest BCUT2D eigenvalue weighted by Crippen LogP contribution is -2.45. The van der Waals surface area contributed by atoms with E-state index in [1.807, 2.05) is 0 Å². The fourth-order valence-corrected chi connectivity index (χ4v) is 2.69. The third-order valence-corrected chi connectivity index (χ3v) is 4.10.